The Balaban J connectivity index is 1.27. The van der Waals surface area contributed by atoms with Gasteiger partial charge in [-0.15, -0.1) is 0 Å². The van der Waals surface area contributed by atoms with Gasteiger partial charge in [0.1, 0.15) is 11.6 Å². The molecule has 4 aromatic rings. The molecule has 1 atom stereocenters. The van der Waals surface area contributed by atoms with E-state index in [0.717, 1.165) is 59.7 Å². The number of para-hydroxylation sites is 3. The number of benzene rings is 3. The van der Waals surface area contributed by atoms with Gasteiger partial charge in [-0.25, -0.2) is 4.98 Å². The van der Waals surface area contributed by atoms with Crippen molar-refractivity contribution >= 4 is 22.6 Å². The van der Waals surface area contributed by atoms with Crippen molar-refractivity contribution < 1.29 is 9.53 Å². The highest BCUT2D eigenvalue weighted by Gasteiger charge is 2.34. The summed E-state index contributed by atoms with van der Waals surface area (Å²) in [4.78, 5) is 20.0. The highest BCUT2D eigenvalue weighted by atomic mass is 16.5. The van der Waals surface area contributed by atoms with E-state index in [1.165, 1.54) is 18.4 Å². The topological polar surface area (TPSA) is 47.4 Å². The van der Waals surface area contributed by atoms with Crippen LogP contribution < -0.4 is 9.64 Å². The molecule has 5 heteroatoms. The number of carbonyl (C=O) groups excluding carboxylic acids is 1. The fourth-order valence-corrected chi connectivity index (χ4v) is 5.27. The van der Waals surface area contributed by atoms with Crippen molar-refractivity contribution in [2.45, 2.75) is 64.8 Å². The standard InChI is InChI=1S/C32H37N3O2/c1-3-4-12-25-16-18-27(19-17-25)35-23-26(22-31(35)36)32-33-28-13-6-7-14-29(28)34(32)20-9-10-21-37-30-15-8-5-11-24(30)2/h5-8,11,13-19,26H,3-4,9-10,12,20-23H2,1-2H3. The number of fused-ring (bicyclic) bond motifs is 1. The first-order chi connectivity index (χ1) is 18.1. The first-order valence-corrected chi connectivity index (χ1v) is 13.7. The van der Waals surface area contributed by atoms with Crippen molar-refractivity contribution in [1.29, 1.82) is 0 Å². The Morgan fingerprint density at radius 2 is 1.73 bits per heavy atom. The lowest BCUT2D eigenvalue weighted by atomic mass is 10.1. The van der Waals surface area contributed by atoms with Crippen LogP contribution in [0.15, 0.2) is 72.8 Å². The molecule has 2 heterocycles. The minimum absolute atomic E-state index is 0.0860. The molecule has 0 saturated carbocycles. The molecular weight excluding hydrogens is 458 g/mol. The first-order valence-electron chi connectivity index (χ1n) is 13.7. The largest absolute Gasteiger partial charge is 0.493 e. The minimum Gasteiger partial charge on any atom is -0.493 e. The van der Waals surface area contributed by atoms with E-state index in [9.17, 15) is 4.79 Å². The number of aryl methyl sites for hydroxylation is 3. The van der Waals surface area contributed by atoms with Gasteiger partial charge in [0.05, 0.1) is 17.6 Å². The van der Waals surface area contributed by atoms with E-state index < -0.39 is 0 Å². The maximum atomic E-state index is 13.1. The van der Waals surface area contributed by atoms with Crippen molar-refractivity contribution in [2.24, 2.45) is 0 Å². The van der Waals surface area contributed by atoms with Crippen LogP contribution in [0.3, 0.4) is 0 Å². The van der Waals surface area contributed by atoms with Gasteiger partial charge in [0.15, 0.2) is 0 Å². The molecule has 1 aliphatic rings. The third-order valence-electron chi connectivity index (χ3n) is 7.37. The highest BCUT2D eigenvalue weighted by Crippen LogP contribution is 2.33. The number of unbranched alkanes of at least 4 members (excludes halogenated alkanes) is 2. The van der Waals surface area contributed by atoms with Crippen LogP contribution in [0.4, 0.5) is 5.69 Å². The van der Waals surface area contributed by atoms with E-state index in [1.54, 1.807) is 0 Å². The Morgan fingerprint density at radius 1 is 0.946 bits per heavy atom. The maximum absolute atomic E-state index is 13.1. The molecule has 1 fully saturated rings. The lowest BCUT2D eigenvalue weighted by molar-refractivity contribution is -0.117. The summed E-state index contributed by atoms with van der Waals surface area (Å²) in [5, 5.41) is 0. The van der Waals surface area contributed by atoms with Crippen molar-refractivity contribution in [3.05, 3.63) is 89.7 Å². The highest BCUT2D eigenvalue weighted by molar-refractivity contribution is 5.96. The van der Waals surface area contributed by atoms with Crippen LogP contribution in [0.25, 0.3) is 11.0 Å². The van der Waals surface area contributed by atoms with Crippen LogP contribution in [0, 0.1) is 6.92 Å². The number of imidazole rings is 1. The smallest absolute Gasteiger partial charge is 0.227 e. The molecular formula is C32H37N3O2. The summed E-state index contributed by atoms with van der Waals surface area (Å²) in [6.07, 6.45) is 5.92. The van der Waals surface area contributed by atoms with E-state index in [0.29, 0.717) is 19.6 Å². The predicted molar refractivity (Wildman–Crippen MR) is 150 cm³/mol. The van der Waals surface area contributed by atoms with Gasteiger partial charge in [-0.3, -0.25) is 4.79 Å². The summed E-state index contributed by atoms with van der Waals surface area (Å²) in [6, 6.07) is 25.0. The van der Waals surface area contributed by atoms with Crippen molar-refractivity contribution in [3.63, 3.8) is 0 Å². The molecule has 5 rings (SSSR count). The third-order valence-corrected chi connectivity index (χ3v) is 7.37. The summed E-state index contributed by atoms with van der Waals surface area (Å²) < 4.78 is 8.34. The molecule has 1 amide bonds. The van der Waals surface area contributed by atoms with E-state index in [4.69, 9.17) is 9.72 Å². The Hall–Kier alpha value is -3.60. The van der Waals surface area contributed by atoms with E-state index in [-0.39, 0.29) is 11.8 Å². The van der Waals surface area contributed by atoms with Crippen LogP contribution in [-0.2, 0) is 17.8 Å². The van der Waals surface area contributed by atoms with Crippen LogP contribution in [-0.4, -0.2) is 28.6 Å². The average molecular weight is 496 g/mol. The van der Waals surface area contributed by atoms with Crippen LogP contribution in [0.2, 0.25) is 0 Å². The van der Waals surface area contributed by atoms with Crippen molar-refractivity contribution in [2.75, 3.05) is 18.1 Å². The lowest BCUT2D eigenvalue weighted by Gasteiger charge is -2.18. The molecule has 1 saturated heterocycles. The molecule has 5 nitrogen and oxygen atoms in total. The van der Waals surface area contributed by atoms with Gasteiger partial charge in [-0.2, -0.15) is 0 Å². The molecule has 3 aromatic carbocycles. The number of anilines is 1. The Kier molecular flexibility index (Phi) is 7.88. The SMILES string of the molecule is CCCCc1ccc(N2CC(c3nc4ccccc4n3CCCCOc3ccccc3C)CC2=O)cc1. The normalized spacial score (nSPS) is 15.6. The number of nitrogens with zero attached hydrogens (tertiary/aromatic N) is 3. The Bertz CT molecular complexity index is 1340. The van der Waals surface area contributed by atoms with Gasteiger partial charge >= 0.3 is 0 Å². The number of hydrogen-bond donors (Lipinski definition) is 0. The number of rotatable bonds is 11. The minimum atomic E-state index is 0.0860. The summed E-state index contributed by atoms with van der Waals surface area (Å²) in [5.41, 5.74) is 5.63. The molecule has 0 bridgehead atoms. The monoisotopic (exact) mass is 495 g/mol. The number of ether oxygens (including phenoxy) is 1. The molecule has 1 aromatic heterocycles. The van der Waals surface area contributed by atoms with Gasteiger partial charge in [-0.1, -0.05) is 55.8 Å². The quantitative estimate of drug-likeness (QED) is 0.209. The number of aromatic nitrogens is 2. The zero-order valence-corrected chi connectivity index (χ0v) is 22.0. The molecule has 0 spiro atoms. The Labute approximate surface area is 220 Å². The van der Waals surface area contributed by atoms with Gasteiger partial charge in [0.25, 0.3) is 0 Å². The fourth-order valence-electron chi connectivity index (χ4n) is 5.27. The lowest BCUT2D eigenvalue weighted by Crippen LogP contribution is -2.24. The molecule has 0 radical (unpaired) electrons. The third kappa shape index (κ3) is 5.71. The van der Waals surface area contributed by atoms with Gasteiger partial charge < -0.3 is 14.2 Å². The van der Waals surface area contributed by atoms with Gasteiger partial charge in [0.2, 0.25) is 5.91 Å². The van der Waals surface area contributed by atoms with Crippen LogP contribution in [0.1, 0.15) is 61.9 Å². The van der Waals surface area contributed by atoms with Gasteiger partial charge in [-0.05, 0) is 74.1 Å². The fraction of sp³-hybridized carbons (Fsp3) is 0.375. The second-order valence-corrected chi connectivity index (χ2v) is 10.1. The van der Waals surface area contributed by atoms with Crippen LogP contribution in [0.5, 0.6) is 5.75 Å². The number of hydrogen-bond acceptors (Lipinski definition) is 3. The molecule has 1 unspecified atom stereocenters. The molecule has 37 heavy (non-hydrogen) atoms. The maximum Gasteiger partial charge on any atom is 0.227 e. The number of carbonyl (C=O) groups is 1. The van der Waals surface area contributed by atoms with E-state index in [2.05, 4.69) is 66.9 Å². The first kappa shape index (κ1) is 25.1. The average Bonchev–Trinajstić information content (AvgIpc) is 3.49. The summed E-state index contributed by atoms with van der Waals surface area (Å²) >= 11 is 0. The van der Waals surface area contributed by atoms with Crippen molar-refractivity contribution in [3.8, 4) is 5.75 Å². The molecule has 0 N–H and O–H groups in total. The zero-order valence-electron chi connectivity index (χ0n) is 22.0. The van der Waals surface area contributed by atoms with E-state index in [1.807, 2.05) is 29.2 Å². The molecule has 0 aliphatic carbocycles. The summed E-state index contributed by atoms with van der Waals surface area (Å²) in [7, 11) is 0. The predicted octanol–water partition coefficient (Wildman–Crippen LogP) is 7.07. The summed E-state index contributed by atoms with van der Waals surface area (Å²) in [5.74, 6) is 2.25. The van der Waals surface area contributed by atoms with E-state index >= 15 is 0 Å². The number of amides is 1. The summed E-state index contributed by atoms with van der Waals surface area (Å²) in [6.45, 7) is 6.52. The zero-order chi connectivity index (χ0) is 25.6. The second-order valence-electron chi connectivity index (χ2n) is 10.1. The molecule has 192 valence electrons. The Morgan fingerprint density at radius 3 is 2.54 bits per heavy atom. The van der Waals surface area contributed by atoms with Crippen molar-refractivity contribution in [1.82, 2.24) is 9.55 Å². The molecule has 1 aliphatic heterocycles. The van der Waals surface area contributed by atoms with Crippen LogP contribution >= 0.6 is 0 Å². The van der Waals surface area contributed by atoms with Gasteiger partial charge in [0, 0.05) is 31.1 Å². The second kappa shape index (κ2) is 11.6.